The molecule has 0 aromatic heterocycles. The van der Waals surface area contributed by atoms with Gasteiger partial charge in [0.1, 0.15) is 17.2 Å². The van der Waals surface area contributed by atoms with Gasteiger partial charge in [-0.3, -0.25) is 48.1 Å². The molecule has 2 aliphatic carbocycles. The van der Waals surface area contributed by atoms with E-state index in [4.69, 9.17) is 4.74 Å². The number of carbonyl (C=O) groups excluding carboxylic acids is 9. The van der Waals surface area contributed by atoms with Crippen molar-refractivity contribution in [2.45, 2.75) is 68.8 Å². The summed E-state index contributed by atoms with van der Waals surface area (Å²) in [5.41, 5.74) is -0.0127. The van der Waals surface area contributed by atoms with Crippen LogP contribution in [0, 0.1) is 17.8 Å². The maximum Gasteiger partial charge on any atom is 0.239 e. The molecule has 2 aromatic carbocycles. The lowest BCUT2D eigenvalue weighted by molar-refractivity contribution is -0.142. The van der Waals surface area contributed by atoms with Gasteiger partial charge in [-0.1, -0.05) is 48.6 Å². The first-order valence-corrected chi connectivity index (χ1v) is 21.2. The highest BCUT2D eigenvalue weighted by Crippen LogP contribution is 2.48. The van der Waals surface area contributed by atoms with Crippen LogP contribution in [-0.4, -0.2) is 129 Å². The molecule has 2 heterocycles. The number of nitrogens with zero attached hydrogens (tertiary/aromatic N) is 2. The predicted molar refractivity (Wildman–Crippen MR) is 224 cm³/mol. The van der Waals surface area contributed by atoms with E-state index in [2.05, 4.69) is 43.9 Å². The van der Waals surface area contributed by atoms with Crippen molar-refractivity contribution >= 4 is 75.5 Å². The molecule has 61 heavy (non-hydrogen) atoms. The van der Waals surface area contributed by atoms with Crippen molar-refractivity contribution in [3.05, 3.63) is 51.6 Å². The number of phenolic OH excluding ortho intramolecular Hbond substituents is 2. The largest absolute Gasteiger partial charge is 0.507 e. The van der Waals surface area contributed by atoms with Crippen molar-refractivity contribution in [2.75, 3.05) is 46.4 Å². The predicted octanol–water partition coefficient (Wildman–Crippen LogP) is 0.667. The Morgan fingerprint density at radius 1 is 0.852 bits per heavy atom. The molecule has 2 saturated heterocycles. The smallest absolute Gasteiger partial charge is 0.239 e. The molecule has 2 aliphatic heterocycles. The van der Waals surface area contributed by atoms with Gasteiger partial charge in [0.2, 0.25) is 47.1 Å². The van der Waals surface area contributed by atoms with Gasteiger partial charge in [0.25, 0.3) is 0 Å². The minimum atomic E-state index is -0.668. The third-order valence-electron chi connectivity index (χ3n) is 11.6. The second-order valence-electron chi connectivity index (χ2n) is 16.5. The number of rotatable bonds is 15. The normalized spacial score (nSPS) is 19.3. The first-order valence-electron chi connectivity index (χ1n) is 20.1. The number of alkyl halides is 1. The second kappa shape index (κ2) is 18.2. The third-order valence-corrected chi connectivity index (χ3v) is 12.8. The molecule has 2 aromatic rings. The summed E-state index contributed by atoms with van der Waals surface area (Å²) < 4.78 is 4.88. The van der Waals surface area contributed by atoms with Crippen LogP contribution >= 0.6 is 22.6 Å². The van der Waals surface area contributed by atoms with Gasteiger partial charge in [0.05, 0.1) is 55.4 Å². The molecular weight excluding hydrogens is 907 g/mol. The average Bonchev–Trinajstić information content (AvgIpc) is 3.50. The number of phenols is 2. The number of benzene rings is 2. The lowest BCUT2D eigenvalue weighted by Crippen LogP contribution is -2.63. The van der Waals surface area contributed by atoms with Gasteiger partial charge < -0.3 is 41.1 Å². The van der Waals surface area contributed by atoms with E-state index in [9.17, 15) is 53.4 Å². The zero-order chi connectivity index (χ0) is 44.5. The monoisotopic (exact) mass is 956 g/mol. The maximum atomic E-state index is 13.5. The zero-order valence-corrected chi connectivity index (χ0v) is 36.4. The van der Waals surface area contributed by atoms with Gasteiger partial charge in [0, 0.05) is 58.5 Å². The number of nitrogens with one attached hydrogen (secondary N) is 4. The van der Waals surface area contributed by atoms with Crippen LogP contribution in [0.3, 0.4) is 0 Å². The number of imide groups is 1. The lowest BCUT2D eigenvalue weighted by atomic mass is 9.75. The number of fused-ring (bicyclic) bond motifs is 3. The molecule has 6 N–H and O–H groups in total. The van der Waals surface area contributed by atoms with E-state index in [0.29, 0.717) is 17.9 Å². The molecule has 0 bridgehead atoms. The summed E-state index contributed by atoms with van der Waals surface area (Å²) in [6.07, 6.45) is 1.16. The Kier molecular flexibility index (Phi) is 13.4. The standard InChI is InChI=1S/C42H49IN6O12/c1-20(2)14-42(3,43)26-13-32(54)49(41(26)60)11-10-28(50)44-15-29(51)45-16-30(52)46-17-31(53)47-22-18-48(19-22)40(59)21-8-9-23-25(12-21)38(57)34-35(36(23)55)39(58)33-24(37(34)56)6-5-7-27(33)61-4/h5-7,20-22,26,55,57H,8-19H2,1-4H3,(H,44,50)(H,45,51)(H,46,52)(H,47,53)/t21-,26?,42?/m0/s1. The van der Waals surface area contributed by atoms with Gasteiger partial charge in [-0.2, -0.15) is 0 Å². The highest BCUT2D eigenvalue weighted by molar-refractivity contribution is 14.1. The van der Waals surface area contributed by atoms with Crippen LogP contribution in [0.2, 0.25) is 0 Å². The van der Waals surface area contributed by atoms with Gasteiger partial charge in [0.15, 0.2) is 5.78 Å². The topological polar surface area (TPSA) is 258 Å². The molecule has 2 fully saturated rings. The minimum Gasteiger partial charge on any atom is -0.507 e. The molecule has 0 radical (unpaired) electrons. The van der Waals surface area contributed by atoms with Crippen molar-refractivity contribution in [1.82, 2.24) is 31.1 Å². The Labute approximate surface area is 365 Å². The summed E-state index contributed by atoms with van der Waals surface area (Å²) in [6.45, 7) is 5.01. The zero-order valence-electron chi connectivity index (χ0n) is 34.3. The van der Waals surface area contributed by atoms with E-state index in [1.807, 2.05) is 20.8 Å². The fourth-order valence-electron chi connectivity index (χ4n) is 8.60. The summed E-state index contributed by atoms with van der Waals surface area (Å²) in [7, 11) is 1.36. The number of methoxy groups -OCH3 is 1. The van der Waals surface area contributed by atoms with Crippen LogP contribution in [0.15, 0.2) is 18.2 Å². The molecule has 7 amide bonds. The third kappa shape index (κ3) is 9.35. The van der Waals surface area contributed by atoms with E-state index >= 15 is 0 Å². The lowest BCUT2D eigenvalue weighted by Gasteiger charge is -2.42. The highest BCUT2D eigenvalue weighted by atomic mass is 127. The highest BCUT2D eigenvalue weighted by Gasteiger charge is 2.48. The number of aromatic hydroxyl groups is 2. The molecule has 18 nitrogen and oxygen atoms in total. The van der Waals surface area contributed by atoms with Crippen LogP contribution in [0.4, 0.5) is 0 Å². The number of halogens is 1. The summed E-state index contributed by atoms with van der Waals surface area (Å²) in [6, 6.07) is 4.13. The molecule has 4 aliphatic rings. The SMILES string of the molecule is COc1cccc2c1C(=O)c1c(O)c3c(c(O)c1C2=O)C[C@@H](C(=O)N1CC(NC(=O)CNC(=O)CNC(=O)CNC(=O)CCN2C(=O)CC(C(C)(I)CC(C)C)C2=O)C1)CC3. The van der Waals surface area contributed by atoms with Crippen molar-refractivity contribution in [3.63, 3.8) is 0 Å². The minimum absolute atomic E-state index is 0.00713. The molecule has 326 valence electrons. The van der Waals surface area contributed by atoms with Gasteiger partial charge in [-0.25, -0.2) is 0 Å². The van der Waals surface area contributed by atoms with Gasteiger partial charge >= 0.3 is 0 Å². The molecule has 0 spiro atoms. The van der Waals surface area contributed by atoms with Crippen LogP contribution in [0.1, 0.15) is 89.4 Å². The molecule has 2 unspecified atom stereocenters. The van der Waals surface area contributed by atoms with E-state index in [-0.39, 0.29) is 96.6 Å². The van der Waals surface area contributed by atoms with Crippen molar-refractivity contribution < 1.29 is 58.1 Å². The molecule has 0 saturated carbocycles. The number of carbonyl (C=O) groups is 9. The Balaban J connectivity index is 0.885. The maximum absolute atomic E-state index is 13.5. The number of hydrogen-bond acceptors (Lipinski definition) is 12. The summed E-state index contributed by atoms with van der Waals surface area (Å²) >= 11 is 2.23. The Bertz CT molecular complexity index is 2220. The Morgan fingerprint density at radius 3 is 2.10 bits per heavy atom. The van der Waals surface area contributed by atoms with Gasteiger partial charge in [-0.05, 0) is 44.6 Å². The number of amides is 7. The molecular formula is C42H49IN6O12. The molecule has 3 atom stereocenters. The van der Waals surface area contributed by atoms with Crippen molar-refractivity contribution in [3.8, 4) is 17.2 Å². The number of likely N-dealkylation sites (tertiary alicyclic amines) is 2. The fourth-order valence-corrected chi connectivity index (χ4v) is 9.96. The fraction of sp³-hybridized carbons (Fsp3) is 0.500. The van der Waals surface area contributed by atoms with Crippen LogP contribution < -0.4 is 26.0 Å². The van der Waals surface area contributed by atoms with Gasteiger partial charge in [-0.15, -0.1) is 0 Å². The molecule has 6 rings (SSSR count). The van der Waals surface area contributed by atoms with E-state index in [1.54, 1.807) is 6.07 Å². The average molecular weight is 957 g/mol. The first kappa shape index (κ1) is 44.9. The quantitative estimate of drug-likeness (QED) is 0.0532. The van der Waals surface area contributed by atoms with Crippen LogP contribution in [-0.2, 0) is 46.4 Å². The second-order valence-corrected chi connectivity index (χ2v) is 19.0. The Morgan fingerprint density at radius 2 is 1.46 bits per heavy atom. The molecule has 19 heteroatoms. The number of ketones is 2. The number of ether oxygens (including phenoxy) is 1. The number of hydrogen-bond donors (Lipinski definition) is 6. The van der Waals surface area contributed by atoms with Crippen LogP contribution in [0.5, 0.6) is 17.2 Å². The summed E-state index contributed by atoms with van der Waals surface area (Å²) in [5.74, 6) is -5.97. The van der Waals surface area contributed by atoms with Crippen molar-refractivity contribution in [2.24, 2.45) is 17.8 Å². The first-order chi connectivity index (χ1) is 28.8. The summed E-state index contributed by atoms with van der Waals surface area (Å²) in [4.78, 5) is 118. The van der Waals surface area contributed by atoms with E-state index in [1.165, 1.54) is 24.1 Å². The Hall–Kier alpha value is -5.60. The van der Waals surface area contributed by atoms with E-state index in [0.717, 1.165) is 11.3 Å². The van der Waals surface area contributed by atoms with Crippen molar-refractivity contribution in [1.29, 1.82) is 0 Å². The van der Waals surface area contributed by atoms with Crippen LogP contribution in [0.25, 0.3) is 0 Å². The van der Waals surface area contributed by atoms with E-state index < -0.39 is 87.6 Å². The summed E-state index contributed by atoms with van der Waals surface area (Å²) in [5, 5.41) is 32.4.